The highest BCUT2D eigenvalue weighted by atomic mass is 16.5. The molecule has 2 aliphatic rings. The van der Waals surface area contributed by atoms with Crippen LogP contribution in [0.1, 0.15) is 38.2 Å². The number of nitrogens with one attached hydrogen (secondary N) is 1. The van der Waals surface area contributed by atoms with Crippen molar-refractivity contribution >= 4 is 23.2 Å². The predicted octanol–water partition coefficient (Wildman–Crippen LogP) is 3.89. The molecule has 2 aromatic rings. The number of hydrogen-bond acceptors (Lipinski definition) is 4. The molecule has 6 nitrogen and oxygen atoms in total. The molecule has 1 atom stereocenters. The van der Waals surface area contributed by atoms with Crippen molar-refractivity contribution in [3.05, 3.63) is 48.0 Å². The van der Waals surface area contributed by atoms with Crippen molar-refractivity contribution in [2.45, 2.75) is 44.1 Å². The second-order valence-electron chi connectivity index (χ2n) is 7.81. The topological polar surface area (TPSA) is 67.9 Å². The highest BCUT2D eigenvalue weighted by Gasteiger charge is 2.43. The third-order valence-electron chi connectivity index (χ3n) is 6.09. The normalized spacial score (nSPS) is 20.0. The van der Waals surface area contributed by atoms with Gasteiger partial charge in [-0.2, -0.15) is 0 Å². The van der Waals surface area contributed by atoms with Crippen LogP contribution in [0.15, 0.2) is 42.5 Å². The molecule has 0 aromatic heterocycles. The largest absolute Gasteiger partial charge is 0.497 e. The van der Waals surface area contributed by atoms with Crippen LogP contribution in [-0.2, 0) is 15.0 Å². The monoisotopic (exact) mass is 394 g/mol. The van der Waals surface area contributed by atoms with E-state index in [-0.39, 0.29) is 11.8 Å². The van der Waals surface area contributed by atoms with Crippen LogP contribution in [-0.4, -0.2) is 32.1 Å². The summed E-state index contributed by atoms with van der Waals surface area (Å²) in [5, 5.41) is 3.08. The van der Waals surface area contributed by atoms with Crippen molar-refractivity contribution in [2.24, 2.45) is 0 Å². The summed E-state index contributed by atoms with van der Waals surface area (Å²) in [6.07, 6.45) is 3.16. The van der Waals surface area contributed by atoms with E-state index in [9.17, 15) is 9.59 Å². The molecule has 6 heteroatoms. The molecule has 1 aliphatic heterocycles. The number of carbonyl (C=O) groups is 2. The zero-order valence-electron chi connectivity index (χ0n) is 17.0. The number of carbonyl (C=O) groups excluding carboxylic acids is 2. The standard InChI is InChI=1S/C23H26N2O4/c1-15-21(26)25(2)19-14-17(8-11-20(19)29-15)24-22(27)23(12-4-5-13-23)16-6-9-18(28-3)10-7-16/h6-11,14-15H,4-5,12-13H2,1-3H3,(H,24,27). The van der Waals surface area contributed by atoms with E-state index in [4.69, 9.17) is 9.47 Å². The number of amides is 2. The maximum atomic E-state index is 13.4. The molecule has 1 unspecified atom stereocenters. The van der Waals surface area contributed by atoms with Gasteiger partial charge in [-0.05, 0) is 55.7 Å². The van der Waals surface area contributed by atoms with Gasteiger partial charge in [0.15, 0.2) is 6.10 Å². The summed E-state index contributed by atoms with van der Waals surface area (Å²) in [5.74, 6) is 1.30. The molecule has 1 aliphatic carbocycles. The Hall–Kier alpha value is -3.02. The van der Waals surface area contributed by atoms with Crippen LogP contribution in [0.4, 0.5) is 11.4 Å². The number of hydrogen-bond donors (Lipinski definition) is 1. The first-order chi connectivity index (χ1) is 13.9. The average Bonchev–Trinajstić information content (AvgIpc) is 3.24. The number of nitrogens with zero attached hydrogens (tertiary/aromatic N) is 1. The van der Waals surface area contributed by atoms with E-state index in [2.05, 4.69) is 5.32 Å². The van der Waals surface area contributed by atoms with E-state index in [0.717, 1.165) is 37.0 Å². The van der Waals surface area contributed by atoms with E-state index >= 15 is 0 Å². The molecule has 0 saturated heterocycles. The van der Waals surface area contributed by atoms with E-state index in [0.29, 0.717) is 17.1 Å². The summed E-state index contributed by atoms with van der Waals surface area (Å²) in [4.78, 5) is 27.2. The molecule has 0 bridgehead atoms. The minimum Gasteiger partial charge on any atom is -0.497 e. The molecule has 1 saturated carbocycles. The van der Waals surface area contributed by atoms with Crippen LogP contribution in [0.3, 0.4) is 0 Å². The Morgan fingerprint density at radius 3 is 2.52 bits per heavy atom. The van der Waals surface area contributed by atoms with Gasteiger partial charge in [0.2, 0.25) is 5.91 Å². The first-order valence-electron chi connectivity index (χ1n) is 9.99. The summed E-state index contributed by atoms with van der Waals surface area (Å²) in [7, 11) is 3.36. The van der Waals surface area contributed by atoms with Gasteiger partial charge in [-0.3, -0.25) is 9.59 Å². The maximum Gasteiger partial charge on any atom is 0.267 e. The minimum atomic E-state index is -0.547. The zero-order chi connectivity index (χ0) is 20.6. The lowest BCUT2D eigenvalue weighted by Crippen LogP contribution is -2.42. The third-order valence-corrected chi connectivity index (χ3v) is 6.09. The third kappa shape index (κ3) is 3.33. The summed E-state index contributed by atoms with van der Waals surface area (Å²) in [6, 6.07) is 13.2. The molecular formula is C23H26N2O4. The Kier molecular flexibility index (Phi) is 4.94. The second-order valence-corrected chi connectivity index (χ2v) is 7.81. The predicted molar refractivity (Wildman–Crippen MR) is 112 cm³/mol. The van der Waals surface area contributed by atoms with Crippen LogP contribution in [0.2, 0.25) is 0 Å². The van der Waals surface area contributed by atoms with Gasteiger partial charge >= 0.3 is 0 Å². The van der Waals surface area contributed by atoms with Crippen molar-refractivity contribution in [3.8, 4) is 11.5 Å². The van der Waals surface area contributed by atoms with Gasteiger partial charge in [0.25, 0.3) is 5.91 Å². The summed E-state index contributed by atoms with van der Waals surface area (Å²) < 4.78 is 10.9. The van der Waals surface area contributed by atoms with Gasteiger partial charge in [-0.1, -0.05) is 25.0 Å². The van der Waals surface area contributed by atoms with Gasteiger partial charge in [-0.15, -0.1) is 0 Å². The molecule has 1 heterocycles. The quantitative estimate of drug-likeness (QED) is 0.854. The molecule has 152 valence electrons. The molecule has 0 radical (unpaired) electrons. The molecule has 29 heavy (non-hydrogen) atoms. The number of likely N-dealkylation sites (N-methyl/N-ethyl adjacent to an activating group) is 1. The number of fused-ring (bicyclic) bond motifs is 1. The highest BCUT2D eigenvalue weighted by molar-refractivity contribution is 6.02. The highest BCUT2D eigenvalue weighted by Crippen LogP contribution is 2.43. The Labute approximate surface area is 170 Å². The van der Waals surface area contributed by atoms with Gasteiger partial charge in [0, 0.05) is 12.7 Å². The minimum absolute atomic E-state index is 0.0146. The zero-order valence-corrected chi connectivity index (χ0v) is 17.0. The van der Waals surface area contributed by atoms with Crippen LogP contribution < -0.4 is 19.7 Å². The fraction of sp³-hybridized carbons (Fsp3) is 0.391. The van der Waals surface area contributed by atoms with Gasteiger partial charge in [0.05, 0.1) is 18.2 Å². The Morgan fingerprint density at radius 2 is 1.86 bits per heavy atom. The summed E-state index contributed by atoms with van der Waals surface area (Å²) >= 11 is 0. The Bertz CT molecular complexity index is 932. The van der Waals surface area contributed by atoms with Crippen molar-refractivity contribution < 1.29 is 19.1 Å². The van der Waals surface area contributed by atoms with Crippen LogP contribution >= 0.6 is 0 Å². The van der Waals surface area contributed by atoms with Crippen molar-refractivity contribution in [2.75, 3.05) is 24.4 Å². The lowest BCUT2D eigenvalue weighted by atomic mass is 9.78. The Balaban J connectivity index is 1.61. The molecule has 0 spiro atoms. The van der Waals surface area contributed by atoms with Crippen LogP contribution in [0.5, 0.6) is 11.5 Å². The second kappa shape index (κ2) is 7.43. The fourth-order valence-electron chi connectivity index (χ4n) is 4.38. The number of methoxy groups -OCH3 is 1. The fourth-order valence-corrected chi connectivity index (χ4v) is 4.38. The van der Waals surface area contributed by atoms with Crippen LogP contribution in [0, 0.1) is 0 Å². The number of rotatable bonds is 4. The lowest BCUT2D eigenvalue weighted by molar-refractivity contribution is -0.125. The molecule has 1 N–H and O–H groups in total. The molecule has 1 fully saturated rings. The molecule has 2 aromatic carbocycles. The van der Waals surface area contributed by atoms with Gasteiger partial charge in [-0.25, -0.2) is 0 Å². The molecular weight excluding hydrogens is 368 g/mol. The number of benzene rings is 2. The van der Waals surface area contributed by atoms with E-state index in [1.54, 1.807) is 38.1 Å². The number of anilines is 2. The first kappa shape index (κ1) is 19.3. The summed E-state index contributed by atoms with van der Waals surface area (Å²) in [5.41, 5.74) is 1.78. The SMILES string of the molecule is COc1ccc(C2(C(=O)Nc3ccc4c(c3)N(C)C(=O)C(C)O4)CCCC2)cc1. The van der Waals surface area contributed by atoms with E-state index in [1.807, 2.05) is 30.3 Å². The summed E-state index contributed by atoms with van der Waals surface area (Å²) in [6.45, 7) is 1.73. The lowest BCUT2D eigenvalue weighted by Gasteiger charge is -2.31. The smallest absolute Gasteiger partial charge is 0.267 e. The average molecular weight is 394 g/mol. The Morgan fingerprint density at radius 1 is 1.17 bits per heavy atom. The van der Waals surface area contributed by atoms with Crippen molar-refractivity contribution in [3.63, 3.8) is 0 Å². The van der Waals surface area contributed by atoms with Crippen LogP contribution in [0.25, 0.3) is 0 Å². The van der Waals surface area contributed by atoms with E-state index < -0.39 is 11.5 Å². The number of ether oxygens (including phenoxy) is 2. The van der Waals surface area contributed by atoms with Gasteiger partial charge in [0.1, 0.15) is 11.5 Å². The van der Waals surface area contributed by atoms with Crippen molar-refractivity contribution in [1.29, 1.82) is 0 Å². The maximum absolute atomic E-state index is 13.4. The van der Waals surface area contributed by atoms with Gasteiger partial charge < -0.3 is 19.7 Å². The first-order valence-corrected chi connectivity index (χ1v) is 9.99. The molecule has 2 amide bonds. The van der Waals surface area contributed by atoms with E-state index in [1.165, 1.54) is 0 Å². The van der Waals surface area contributed by atoms with Crippen molar-refractivity contribution in [1.82, 2.24) is 0 Å². The molecule has 4 rings (SSSR count).